The molecule has 1 N–H and O–H groups in total. The number of carbonyl (C=O) groups excluding carboxylic acids is 1. The van der Waals surface area contributed by atoms with Crippen LogP contribution < -0.4 is 0 Å². The van der Waals surface area contributed by atoms with Crippen molar-refractivity contribution >= 4 is 43.3 Å². The molecule has 1 aliphatic heterocycles. The van der Waals surface area contributed by atoms with E-state index in [1.807, 2.05) is 6.92 Å². The van der Waals surface area contributed by atoms with Gasteiger partial charge in [0.2, 0.25) is 0 Å². The number of nitrogens with zero attached hydrogens (tertiary/aromatic N) is 4. The lowest BCUT2D eigenvalue weighted by Crippen LogP contribution is -2.61. The highest BCUT2D eigenvalue weighted by molar-refractivity contribution is 9.10. The van der Waals surface area contributed by atoms with Crippen LogP contribution >= 0.6 is 27.5 Å². The molecule has 2 heterocycles. The van der Waals surface area contributed by atoms with Crippen LogP contribution in [0, 0.1) is 6.92 Å². The minimum Gasteiger partial charge on any atom is -0.380 e. The molecule has 1 amide bonds. The highest BCUT2D eigenvalue weighted by Crippen LogP contribution is 2.32. The van der Waals surface area contributed by atoms with Crippen molar-refractivity contribution in [1.29, 1.82) is 0 Å². The third kappa shape index (κ3) is 5.19. The molecule has 0 bridgehead atoms. The molecule has 11 heteroatoms. The molecule has 8 nitrogen and oxygen atoms in total. The van der Waals surface area contributed by atoms with Gasteiger partial charge in [-0.2, -0.15) is 0 Å². The Morgan fingerprint density at radius 3 is 2.41 bits per heavy atom. The Labute approximate surface area is 227 Å². The van der Waals surface area contributed by atoms with Gasteiger partial charge in [0.05, 0.1) is 40.6 Å². The van der Waals surface area contributed by atoms with E-state index < -0.39 is 15.4 Å². The molecule has 0 radical (unpaired) electrons. The maximum atomic E-state index is 12.9. The van der Waals surface area contributed by atoms with Crippen molar-refractivity contribution in [2.75, 3.05) is 13.1 Å². The molecule has 190 valence electrons. The smallest absolute Gasteiger partial charge is 0.254 e. The third-order valence-electron chi connectivity index (χ3n) is 6.27. The van der Waals surface area contributed by atoms with Gasteiger partial charge in [0.1, 0.15) is 11.3 Å². The maximum absolute atomic E-state index is 12.9. The Morgan fingerprint density at radius 1 is 1.08 bits per heavy atom. The zero-order valence-corrected chi connectivity index (χ0v) is 22.8. The van der Waals surface area contributed by atoms with Gasteiger partial charge in [-0.25, -0.2) is 13.1 Å². The number of aryl methyl sites for hydroxylation is 1. The molecular weight excluding hydrogens is 580 g/mol. The van der Waals surface area contributed by atoms with Crippen LogP contribution in [0.4, 0.5) is 0 Å². The first-order chi connectivity index (χ1) is 17.5. The molecule has 0 spiro atoms. The lowest BCUT2D eigenvalue weighted by atomic mass is 9.90. The van der Waals surface area contributed by atoms with Gasteiger partial charge in [0, 0.05) is 10.0 Å². The first-order valence-corrected chi connectivity index (χ1v) is 14.1. The van der Waals surface area contributed by atoms with E-state index in [0.29, 0.717) is 26.3 Å². The predicted molar refractivity (Wildman–Crippen MR) is 142 cm³/mol. The number of β-amino-alcohol motifs (C(OH)–C–C–N with tert-alkyl or cyclic N) is 1. The van der Waals surface area contributed by atoms with E-state index >= 15 is 0 Å². The fourth-order valence-corrected chi connectivity index (χ4v) is 5.93. The molecule has 0 saturated carbocycles. The number of likely N-dealkylation sites (tertiary alicyclic amines) is 1. The van der Waals surface area contributed by atoms with Crippen LogP contribution in [0.5, 0.6) is 0 Å². The molecule has 37 heavy (non-hydrogen) atoms. The number of aliphatic hydroxyl groups is 1. The number of halogens is 2. The SMILES string of the molecule is Cc1ccc(S(=O)(=O)Cc2ccc(C(=O)N3CC(O)(c4cn(-c5ccc(Cl)c(Br)c5)nn4)C3)cc2)cc1. The molecule has 4 aromatic rings. The normalized spacial score (nSPS) is 14.9. The molecule has 1 saturated heterocycles. The molecular formula is C26H22BrClN4O4S. The summed E-state index contributed by atoms with van der Waals surface area (Å²) in [7, 11) is -3.49. The number of amides is 1. The first kappa shape index (κ1) is 25.6. The van der Waals surface area contributed by atoms with E-state index in [1.54, 1.807) is 72.9 Å². The Bertz CT molecular complexity index is 1580. The summed E-state index contributed by atoms with van der Waals surface area (Å²) in [6.45, 7) is 2.03. The van der Waals surface area contributed by atoms with Crippen molar-refractivity contribution in [2.24, 2.45) is 0 Å². The minimum absolute atomic E-state index is 0.0679. The maximum Gasteiger partial charge on any atom is 0.254 e. The lowest BCUT2D eigenvalue weighted by molar-refractivity contribution is -0.0892. The van der Waals surface area contributed by atoms with Gasteiger partial charge in [-0.3, -0.25) is 4.79 Å². The van der Waals surface area contributed by atoms with E-state index in [1.165, 1.54) is 9.58 Å². The van der Waals surface area contributed by atoms with E-state index in [9.17, 15) is 18.3 Å². The van der Waals surface area contributed by atoms with Gasteiger partial charge in [0.25, 0.3) is 5.91 Å². The Kier molecular flexibility index (Phi) is 6.70. The number of hydrogen-bond acceptors (Lipinski definition) is 6. The fourth-order valence-electron chi connectivity index (χ4n) is 4.10. The van der Waals surface area contributed by atoms with Gasteiger partial charge < -0.3 is 10.0 Å². The van der Waals surface area contributed by atoms with Crippen molar-refractivity contribution in [3.63, 3.8) is 0 Å². The van der Waals surface area contributed by atoms with Crippen LogP contribution in [0.2, 0.25) is 5.02 Å². The van der Waals surface area contributed by atoms with Crippen LogP contribution in [0.3, 0.4) is 0 Å². The van der Waals surface area contributed by atoms with Crippen LogP contribution in [-0.2, 0) is 21.2 Å². The van der Waals surface area contributed by atoms with Crippen molar-refractivity contribution in [3.8, 4) is 5.69 Å². The number of rotatable bonds is 6. The van der Waals surface area contributed by atoms with Gasteiger partial charge >= 0.3 is 0 Å². The van der Waals surface area contributed by atoms with Crippen LogP contribution in [0.15, 0.2) is 82.3 Å². The lowest BCUT2D eigenvalue weighted by Gasteiger charge is -2.45. The van der Waals surface area contributed by atoms with Gasteiger partial charge in [0.15, 0.2) is 9.84 Å². The summed E-state index contributed by atoms with van der Waals surface area (Å²) < 4.78 is 27.6. The molecule has 5 rings (SSSR count). The van der Waals surface area contributed by atoms with Crippen LogP contribution in [0.1, 0.15) is 27.2 Å². The van der Waals surface area contributed by atoms with E-state index in [0.717, 1.165) is 11.3 Å². The quantitative estimate of drug-likeness (QED) is 0.353. The highest BCUT2D eigenvalue weighted by Gasteiger charge is 2.47. The number of sulfone groups is 1. The number of aromatic nitrogens is 3. The molecule has 0 unspecified atom stereocenters. The zero-order valence-electron chi connectivity index (χ0n) is 19.7. The van der Waals surface area contributed by atoms with E-state index in [4.69, 9.17) is 11.6 Å². The van der Waals surface area contributed by atoms with Crippen molar-refractivity contribution in [3.05, 3.63) is 105 Å². The highest BCUT2D eigenvalue weighted by atomic mass is 79.9. The standard InChI is InChI=1S/C26H22BrClN4O4S/c1-17-2-9-21(10-3-17)37(35,36)14-18-4-6-19(7-5-18)25(33)31-15-26(34,16-31)24-13-32(30-29-24)20-8-11-23(28)22(27)12-20/h2-13,34H,14-16H2,1H3. The summed E-state index contributed by atoms with van der Waals surface area (Å²) >= 11 is 9.42. The summed E-state index contributed by atoms with van der Waals surface area (Å²) in [5.74, 6) is -0.417. The second-order valence-corrected chi connectivity index (χ2v) is 12.4. The monoisotopic (exact) mass is 600 g/mol. The summed E-state index contributed by atoms with van der Waals surface area (Å²) in [4.78, 5) is 14.7. The molecule has 1 aliphatic rings. The van der Waals surface area contributed by atoms with Crippen LogP contribution in [0.25, 0.3) is 5.69 Å². The summed E-state index contributed by atoms with van der Waals surface area (Å²) in [6, 6.07) is 18.5. The van der Waals surface area contributed by atoms with Crippen molar-refractivity contribution < 1.29 is 18.3 Å². The second-order valence-electron chi connectivity index (χ2n) is 9.11. The Balaban J connectivity index is 1.23. The Hall–Kier alpha value is -3.05. The minimum atomic E-state index is -3.49. The van der Waals surface area contributed by atoms with Gasteiger partial charge in [-0.1, -0.05) is 46.6 Å². The van der Waals surface area contributed by atoms with E-state index in [2.05, 4.69) is 26.2 Å². The second kappa shape index (κ2) is 9.68. The number of benzene rings is 3. The molecule has 1 aromatic heterocycles. The van der Waals surface area contributed by atoms with Crippen LogP contribution in [-0.4, -0.2) is 52.4 Å². The first-order valence-electron chi connectivity index (χ1n) is 11.3. The van der Waals surface area contributed by atoms with Gasteiger partial charge in [-0.15, -0.1) is 5.10 Å². The van der Waals surface area contributed by atoms with Gasteiger partial charge in [-0.05, 0) is 70.9 Å². The number of carbonyl (C=O) groups is 1. The molecule has 0 atom stereocenters. The summed E-state index contributed by atoms with van der Waals surface area (Å²) in [5.41, 5.74) is 1.75. The topological polar surface area (TPSA) is 105 Å². The molecule has 0 aliphatic carbocycles. The third-order valence-corrected chi connectivity index (χ3v) is 9.19. The largest absolute Gasteiger partial charge is 0.380 e. The van der Waals surface area contributed by atoms with E-state index in [-0.39, 0.29) is 29.6 Å². The van der Waals surface area contributed by atoms with Crippen molar-refractivity contribution in [2.45, 2.75) is 23.2 Å². The zero-order chi connectivity index (χ0) is 26.4. The average molecular weight is 602 g/mol. The predicted octanol–water partition coefficient (Wildman–Crippen LogP) is 4.31. The summed E-state index contributed by atoms with van der Waals surface area (Å²) in [6.07, 6.45) is 1.63. The average Bonchev–Trinajstić information content (AvgIpc) is 3.35. The number of hydrogen-bond donors (Lipinski definition) is 1. The fraction of sp³-hybridized carbons (Fsp3) is 0.192. The Morgan fingerprint density at radius 2 is 1.76 bits per heavy atom. The molecule has 3 aromatic carbocycles. The molecule has 1 fully saturated rings. The summed E-state index contributed by atoms with van der Waals surface area (Å²) in [5, 5.41) is 19.8. The van der Waals surface area contributed by atoms with Crippen molar-refractivity contribution in [1.82, 2.24) is 19.9 Å².